The molecular formula is C15H22OS. The molecule has 0 aromatic heterocycles. The zero-order valence-corrected chi connectivity index (χ0v) is 11.6. The zero-order chi connectivity index (χ0) is 12.3. The van der Waals surface area contributed by atoms with Gasteiger partial charge in [-0.05, 0) is 44.4 Å². The van der Waals surface area contributed by atoms with Crippen molar-refractivity contribution in [2.45, 2.75) is 50.9 Å². The van der Waals surface area contributed by atoms with E-state index < -0.39 is 0 Å². The lowest BCUT2D eigenvalue weighted by Gasteiger charge is -2.26. The van der Waals surface area contributed by atoms with Crippen molar-refractivity contribution >= 4 is 11.8 Å². The molecule has 0 saturated carbocycles. The second-order valence-electron chi connectivity index (χ2n) is 5.17. The maximum Gasteiger partial charge on any atom is 0.0699 e. The molecule has 2 atom stereocenters. The fourth-order valence-electron chi connectivity index (χ4n) is 2.63. The van der Waals surface area contributed by atoms with Crippen molar-refractivity contribution in [1.82, 2.24) is 0 Å². The van der Waals surface area contributed by atoms with Crippen LogP contribution in [-0.4, -0.2) is 22.2 Å². The third kappa shape index (κ3) is 3.75. The van der Waals surface area contributed by atoms with Gasteiger partial charge < -0.3 is 5.11 Å². The lowest BCUT2D eigenvalue weighted by molar-refractivity contribution is 0.166. The predicted octanol–water partition coefficient (Wildman–Crippen LogP) is 3.49. The quantitative estimate of drug-likeness (QED) is 0.886. The summed E-state index contributed by atoms with van der Waals surface area (Å²) in [6.45, 7) is 4.25. The Morgan fingerprint density at radius 3 is 2.53 bits per heavy atom. The molecule has 1 nitrogen and oxygen atoms in total. The molecule has 17 heavy (non-hydrogen) atoms. The molecule has 0 bridgehead atoms. The molecule has 1 aliphatic rings. The van der Waals surface area contributed by atoms with E-state index in [2.05, 4.69) is 32.0 Å². The molecule has 1 saturated heterocycles. The minimum atomic E-state index is -0.179. The molecule has 1 aromatic rings. The Hall–Kier alpha value is -0.470. The number of rotatable bonds is 3. The topological polar surface area (TPSA) is 20.2 Å². The van der Waals surface area contributed by atoms with Crippen LogP contribution in [0.2, 0.25) is 0 Å². The summed E-state index contributed by atoms with van der Waals surface area (Å²) in [6.07, 6.45) is 4.40. The van der Waals surface area contributed by atoms with Gasteiger partial charge in [-0.1, -0.05) is 35.7 Å². The van der Waals surface area contributed by atoms with Crippen molar-refractivity contribution in [3.05, 3.63) is 34.9 Å². The van der Waals surface area contributed by atoms with Gasteiger partial charge in [-0.3, -0.25) is 0 Å². The lowest BCUT2D eigenvalue weighted by atomic mass is 9.99. The first-order valence-corrected chi connectivity index (χ1v) is 7.57. The third-order valence-corrected chi connectivity index (χ3v) is 4.87. The maximum atomic E-state index is 10.3. The van der Waals surface area contributed by atoms with Gasteiger partial charge in [-0.25, -0.2) is 0 Å². The van der Waals surface area contributed by atoms with Crippen molar-refractivity contribution < 1.29 is 5.11 Å². The lowest BCUT2D eigenvalue weighted by Crippen LogP contribution is -2.27. The summed E-state index contributed by atoms with van der Waals surface area (Å²) in [5.41, 5.74) is 3.87. The van der Waals surface area contributed by atoms with Gasteiger partial charge in [0.1, 0.15) is 0 Å². The van der Waals surface area contributed by atoms with Crippen molar-refractivity contribution in [3.63, 3.8) is 0 Å². The Bertz CT molecular complexity index is 349. The fourth-order valence-corrected chi connectivity index (χ4v) is 3.95. The van der Waals surface area contributed by atoms with Gasteiger partial charge in [0.2, 0.25) is 0 Å². The van der Waals surface area contributed by atoms with Crippen LogP contribution in [0.3, 0.4) is 0 Å². The minimum absolute atomic E-state index is 0.179. The van der Waals surface area contributed by atoms with E-state index in [1.165, 1.54) is 41.7 Å². The number of thioether (sulfide) groups is 1. The Morgan fingerprint density at radius 1 is 1.24 bits per heavy atom. The Labute approximate surface area is 109 Å². The highest BCUT2D eigenvalue weighted by molar-refractivity contribution is 8.00. The summed E-state index contributed by atoms with van der Waals surface area (Å²) in [6, 6.07) is 6.58. The first-order chi connectivity index (χ1) is 8.15. The van der Waals surface area contributed by atoms with Gasteiger partial charge in [0.25, 0.3) is 0 Å². The van der Waals surface area contributed by atoms with E-state index in [9.17, 15) is 5.11 Å². The normalized spacial score (nSPS) is 22.4. The number of aryl methyl sites for hydroxylation is 2. The SMILES string of the molecule is Cc1cc(C)cc(CC(O)C2CCCCS2)c1. The minimum Gasteiger partial charge on any atom is -0.392 e. The fraction of sp³-hybridized carbons (Fsp3) is 0.600. The molecule has 1 aliphatic heterocycles. The Balaban J connectivity index is 1.99. The highest BCUT2D eigenvalue weighted by Crippen LogP contribution is 2.29. The average Bonchev–Trinajstić information content (AvgIpc) is 2.28. The van der Waals surface area contributed by atoms with E-state index in [1.807, 2.05) is 11.8 Å². The van der Waals surface area contributed by atoms with Gasteiger partial charge >= 0.3 is 0 Å². The average molecular weight is 250 g/mol. The van der Waals surface area contributed by atoms with Crippen molar-refractivity contribution in [2.75, 3.05) is 5.75 Å². The predicted molar refractivity (Wildman–Crippen MR) is 75.7 cm³/mol. The highest BCUT2D eigenvalue weighted by Gasteiger charge is 2.22. The monoisotopic (exact) mass is 250 g/mol. The van der Waals surface area contributed by atoms with Crippen LogP contribution >= 0.6 is 11.8 Å². The summed E-state index contributed by atoms with van der Waals surface area (Å²) in [5, 5.41) is 10.7. The van der Waals surface area contributed by atoms with E-state index in [0.717, 1.165) is 6.42 Å². The molecule has 1 heterocycles. The zero-order valence-electron chi connectivity index (χ0n) is 10.8. The van der Waals surface area contributed by atoms with Crippen LogP contribution in [0.4, 0.5) is 0 Å². The van der Waals surface area contributed by atoms with Crippen molar-refractivity contribution in [2.24, 2.45) is 0 Å². The summed E-state index contributed by atoms with van der Waals surface area (Å²) in [4.78, 5) is 0. The number of aliphatic hydroxyl groups excluding tert-OH is 1. The second kappa shape index (κ2) is 5.92. The van der Waals surface area contributed by atoms with E-state index in [0.29, 0.717) is 5.25 Å². The van der Waals surface area contributed by atoms with Gasteiger partial charge in [0, 0.05) is 5.25 Å². The van der Waals surface area contributed by atoms with Crippen LogP contribution < -0.4 is 0 Å². The number of hydrogen-bond acceptors (Lipinski definition) is 2. The summed E-state index contributed by atoms with van der Waals surface area (Å²) < 4.78 is 0. The molecule has 0 spiro atoms. The highest BCUT2D eigenvalue weighted by atomic mass is 32.2. The third-order valence-electron chi connectivity index (χ3n) is 3.37. The largest absolute Gasteiger partial charge is 0.392 e. The molecule has 2 heteroatoms. The van der Waals surface area contributed by atoms with Crippen LogP contribution in [-0.2, 0) is 6.42 Å². The molecule has 1 aromatic carbocycles. The first-order valence-electron chi connectivity index (χ1n) is 6.52. The molecule has 1 fully saturated rings. The van der Waals surface area contributed by atoms with Crippen LogP contribution in [0.1, 0.15) is 36.0 Å². The summed E-state index contributed by atoms with van der Waals surface area (Å²) in [7, 11) is 0. The van der Waals surface area contributed by atoms with Crippen LogP contribution in [0.15, 0.2) is 18.2 Å². The van der Waals surface area contributed by atoms with Crippen LogP contribution in [0.25, 0.3) is 0 Å². The van der Waals surface area contributed by atoms with Gasteiger partial charge in [-0.15, -0.1) is 0 Å². The number of hydrogen-bond donors (Lipinski definition) is 1. The van der Waals surface area contributed by atoms with E-state index in [1.54, 1.807) is 0 Å². The standard InChI is InChI=1S/C15H22OS/c1-11-7-12(2)9-13(8-11)10-14(16)15-5-3-4-6-17-15/h7-9,14-16H,3-6,10H2,1-2H3. The Kier molecular flexibility index (Phi) is 4.52. The van der Waals surface area contributed by atoms with Gasteiger partial charge in [0.15, 0.2) is 0 Å². The Morgan fingerprint density at radius 2 is 1.94 bits per heavy atom. The molecule has 0 radical (unpaired) electrons. The van der Waals surface area contributed by atoms with Gasteiger partial charge in [0.05, 0.1) is 6.10 Å². The molecule has 0 aliphatic carbocycles. The smallest absolute Gasteiger partial charge is 0.0699 e. The molecule has 2 rings (SSSR count). The van der Waals surface area contributed by atoms with Crippen molar-refractivity contribution in [3.8, 4) is 0 Å². The second-order valence-corrected chi connectivity index (χ2v) is 6.52. The molecule has 2 unspecified atom stereocenters. The van der Waals surface area contributed by atoms with E-state index in [-0.39, 0.29) is 6.10 Å². The van der Waals surface area contributed by atoms with Gasteiger partial charge in [-0.2, -0.15) is 11.8 Å². The summed E-state index contributed by atoms with van der Waals surface area (Å²) in [5.74, 6) is 1.22. The van der Waals surface area contributed by atoms with Crippen molar-refractivity contribution in [1.29, 1.82) is 0 Å². The number of aliphatic hydroxyl groups is 1. The maximum absolute atomic E-state index is 10.3. The molecule has 0 amide bonds. The first kappa shape index (κ1) is 13.0. The molecule has 1 N–H and O–H groups in total. The number of benzene rings is 1. The summed E-state index contributed by atoms with van der Waals surface area (Å²) >= 11 is 1.95. The van der Waals surface area contributed by atoms with Crippen LogP contribution in [0.5, 0.6) is 0 Å². The molecule has 94 valence electrons. The van der Waals surface area contributed by atoms with E-state index >= 15 is 0 Å². The molecular weight excluding hydrogens is 228 g/mol. The van der Waals surface area contributed by atoms with E-state index in [4.69, 9.17) is 0 Å². The van der Waals surface area contributed by atoms with Crippen LogP contribution in [0, 0.1) is 13.8 Å².